The number of benzene rings is 1. The van der Waals surface area contributed by atoms with Gasteiger partial charge in [0, 0.05) is 25.3 Å². The Morgan fingerprint density at radius 1 is 1.14 bits per heavy atom. The van der Waals surface area contributed by atoms with E-state index in [9.17, 15) is 9.59 Å². The number of piperidine rings is 1. The topological polar surface area (TPSA) is 58.4 Å². The van der Waals surface area contributed by atoms with Gasteiger partial charge in [0.15, 0.2) is 0 Å². The number of rotatable bonds is 4. The summed E-state index contributed by atoms with van der Waals surface area (Å²) in [5, 5.41) is 4.37. The third kappa shape index (κ3) is 3.21. The van der Waals surface area contributed by atoms with Crippen LogP contribution >= 0.6 is 0 Å². The monoisotopic (exact) mass is 380 g/mol. The second-order valence-corrected chi connectivity index (χ2v) is 8.20. The number of carbonyl (C=O) groups excluding carboxylic acids is 2. The molecule has 2 amide bonds. The van der Waals surface area contributed by atoms with Crippen LogP contribution in [0.1, 0.15) is 55.5 Å². The van der Waals surface area contributed by atoms with Gasteiger partial charge in [0.1, 0.15) is 5.54 Å². The summed E-state index contributed by atoms with van der Waals surface area (Å²) in [5.74, 6) is 0.0482. The van der Waals surface area contributed by atoms with E-state index in [2.05, 4.69) is 5.10 Å². The molecular formula is C22H28N4O2. The lowest BCUT2D eigenvalue weighted by Gasteiger charge is -2.45. The van der Waals surface area contributed by atoms with Crippen molar-refractivity contribution in [3.63, 3.8) is 0 Å². The molecule has 1 aromatic carbocycles. The molecule has 2 aliphatic heterocycles. The Balaban J connectivity index is 1.55. The summed E-state index contributed by atoms with van der Waals surface area (Å²) in [5.41, 5.74) is 1.03. The predicted molar refractivity (Wildman–Crippen MR) is 107 cm³/mol. The Labute approximate surface area is 166 Å². The van der Waals surface area contributed by atoms with Crippen LogP contribution in [0.4, 0.5) is 0 Å². The molecule has 0 saturated carbocycles. The van der Waals surface area contributed by atoms with Gasteiger partial charge in [-0.05, 0) is 45.1 Å². The van der Waals surface area contributed by atoms with Gasteiger partial charge >= 0.3 is 0 Å². The Morgan fingerprint density at radius 2 is 1.86 bits per heavy atom. The van der Waals surface area contributed by atoms with Crippen molar-refractivity contribution in [1.82, 2.24) is 19.6 Å². The number of amides is 2. The van der Waals surface area contributed by atoms with Gasteiger partial charge < -0.3 is 9.80 Å². The van der Waals surface area contributed by atoms with E-state index >= 15 is 0 Å². The quantitative estimate of drug-likeness (QED) is 0.819. The van der Waals surface area contributed by atoms with Crippen LogP contribution in [0.3, 0.4) is 0 Å². The molecule has 6 heteroatoms. The van der Waals surface area contributed by atoms with Crippen LogP contribution in [-0.4, -0.2) is 56.1 Å². The summed E-state index contributed by atoms with van der Waals surface area (Å²) < 4.78 is 1.79. The maximum atomic E-state index is 13.3. The Kier molecular flexibility index (Phi) is 4.96. The first-order valence-electron chi connectivity index (χ1n) is 10.2. The van der Waals surface area contributed by atoms with Crippen LogP contribution < -0.4 is 0 Å². The van der Waals surface area contributed by atoms with Gasteiger partial charge in [0.05, 0.1) is 18.3 Å². The van der Waals surface area contributed by atoms with Crippen LogP contribution in [0.15, 0.2) is 42.7 Å². The van der Waals surface area contributed by atoms with Crippen LogP contribution in [0.25, 0.3) is 0 Å². The number of nitrogens with zero attached hydrogens (tertiary/aromatic N) is 4. The van der Waals surface area contributed by atoms with E-state index in [4.69, 9.17) is 0 Å². The number of hydrogen-bond donors (Lipinski definition) is 0. The Hall–Kier alpha value is -2.63. The molecule has 0 bridgehead atoms. The minimum Gasteiger partial charge on any atom is -0.338 e. The van der Waals surface area contributed by atoms with E-state index in [1.807, 2.05) is 54.0 Å². The summed E-state index contributed by atoms with van der Waals surface area (Å²) >= 11 is 0. The molecule has 4 rings (SSSR count). The van der Waals surface area contributed by atoms with Gasteiger partial charge in [-0.25, -0.2) is 0 Å². The van der Waals surface area contributed by atoms with Crippen molar-refractivity contribution >= 4 is 11.8 Å². The molecule has 1 spiro atoms. The fraction of sp³-hybridized carbons (Fsp3) is 0.500. The molecule has 1 unspecified atom stereocenters. The van der Waals surface area contributed by atoms with Crippen molar-refractivity contribution in [2.45, 2.75) is 57.7 Å². The van der Waals surface area contributed by atoms with Crippen LogP contribution in [-0.2, 0) is 11.3 Å². The Bertz CT molecular complexity index is 860. The molecule has 1 atom stereocenters. The highest BCUT2D eigenvalue weighted by atomic mass is 16.2. The highest BCUT2D eigenvalue weighted by molar-refractivity contribution is 5.99. The summed E-state index contributed by atoms with van der Waals surface area (Å²) in [7, 11) is 0. The molecule has 2 aromatic rings. The van der Waals surface area contributed by atoms with Crippen molar-refractivity contribution < 1.29 is 9.59 Å². The van der Waals surface area contributed by atoms with E-state index < -0.39 is 5.54 Å². The highest BCUT2D eigenvalue weighted by Gasteiger charge is 2.53. The number of carbonyl (C=O) groups is 2. The van der Waals surface area contributed by atoms with Gasteiger partial charge in [-0.3, -0.25) is 14.3 Å². The zero-order chi connectivity index (χ0) is 19.7. The minimum absolute atomic E-state index is 0.0734. The largest absolute Gasteiger partial charge is 0.338 e. The molecule has 2 fully saturated rings. The van der Waals surface area contributed by atoms with Crippen molar-refractivity contribution in [3.05, 3.63) is 53.9 Å². The summed E-state index contributed by atoms with van der Waals surface area (Å²) in [6.45, 7) is 6.15. The van der Waals surface area contributed by atoms with Crippen LogP contribution in [0.2, 0.25) is 0 Å². The first-order valence-corrected chi connectivity index (χ1v) is 10.2. The average Bonchev–Trinajstić information content (AvgIpc) is 3.32. The molecule has 2 saturated heterocycles. The summed E-state index contributed by atoms with van der Waals surface area (Å²) in [6.07, 6.45) is 6.78. The van der Waals surface area contributed by atoms with Crippen molar-refractivity contribution in [3.8, 4) is 0 Å². The van der Waals surface area contributed by atoms with Crippen LogP contribution in [0, 0.1) is 0 Å². The molecule has 148 valence electrons. The maximum Gasteiger partial charge on any atom is 0.257 e. The molecule has 2 aliphatic rings. The summed E-state index contributed by atoms with van der Waals surface area (Å²) in [6, 6.07) is 10.2. The lowest BCUT2D eigenvalue weighted by atomic mass is 9.84. The van der Waals surface area contributed by atoms with E-state index in [0.29, 0.717) is 18.7 Å². The molecular weight excluding hydrogens is 352 g/mol. The molecule has 28 heavy (non-hydrogen) atoms. The van der Waals surface area contributed by atoms with E-state index in [0.717, 1.165) is 37.8 Å². The first kappa shape index (κ1) is 18.7. The summed E-state index contributed by atoms with van der Waals surface area (Å²) in [4.78, 5) is 30.4. The minimum atomic E-state index is -0.666. The fourth-order valence-electron chi connectivity index (χ4n) is 4.65. The van der Waals surface area contributed by atoms with Gasteiger partial charge in [-0.1, -0.05) is 30.3 Å². The van der Waals surface area contributed by atoms with Crippen molar-refractivity contribution in [1.29, 1.82) is 0 Å². The highest BCUT2D eigenvalue weighted by Crippen LogP contribution is 2.39. The second-order valence-electron chi connectivity index (χ2n) is 8.20. The van der Waals surface area contributed by atoms with E-state index in [1.165, 1.54) is 0 Å². The third-order valence-corrected chi connectivity index (χ3v) is 6.07. The van der Waals surface area contributed by atoms with Gasteiger partial charge in [0.2, 0.25) is 5.91 Å². The molecule has 1 aromatic heterocycles. The number of hydrogen-bond acceptors (Lipinski definition) is 3. The lowest BCUT2D eigenvalue weighted by Crippen LogP contribution is -2.62. The first-order chi connectivity index (χ1) is 13.5. The zero-order valence-corrected chi connectivity index (χ0v) is 16.7. The molecule has 0 N–H and O–H groups in total. The van der Waals surface area contributed by atoms with Gasteiger partial charge in [0.25, 0.3) is 5.91 Å². The molecule has 0 aliphatic carbocycles. The SMILES string of the molecule is CC(C)N1CCCC2(CCCN2C(=O)c2cnn(Cc3ccccc3)c2)C1=O. The van der Waals surface area contributed by atoms with Crippen molar-refractivity contribution in [2.24, 2.45) is 0 Å². The lowest BCUT2D eigenvalue weighted by molar-refractivity contribution is -0.147. The number of aromatic nitrogens is 2. The standard InChI is InChI=1S/C22H28N4O2/c1-17(2)25-12-6-10-22(21(25)28)11-7-13-26(22)20(27)19-14-23-24(16-19)15-18-8-4-3-5-9-18/h3-5,8-9,14,16-17H,6-7,10-13,15H2,1-2H3. The van der Waals surface area contributed by atoms with Gasteiger partial charge in [-0.15, -0.1) is 0 Å². The zero-order valence-electron chi connectivity index (χ0n) is 16.7. The number of likely N-dealkylation sites (tertiary alicyclic amines) is 2. The average molecular weight is 380 g/mol. The molecule has 3 heterocycles. The van der Waals surface area contributed by atoms with Crippen molar-refractivity contribution in [2.75, 3.05) is 13.1 Å². The Morgan fingerprint density at radius 3 is 2.57 bits per heavy atom. The second kappa shape index (κ2) is 7.41. The fourth-order valence-corrected chi connectivity index (χ4v) is 4.65. The van der Waals surface area contributed by atoms with E-state index in [-0.39, 0.29) is 17.9 Å². The van der Waals surface area contributed by atoms with E-state index in [1.54, 1.807) is 17.1 Å². The smallest absolute Gasteiger partial charge is 0.257 e. The molecule has 0 radical (unpaired) electrons. The maximum absolute atomic E-state index is 13.3. The normalized spacial score (nSPS) is 22.5. The molecule has 6 nitrogen and oxygen atoms in total. The predicted octanol–water partition coefficient (Wildman–Crippen LogP) is 2.94. The third-order valence-electron chi connectivity index (χ3n) is 6.07. The van der Waals surface area contributed by atoms with Crippen LogP contribution in [0.5, 0.6) is 0 Å². The van der Waals surface area contributed by atoms with Gasteiger partial charge in [-0.2, -0.15) is 5.10 Å².